The van der Waals surface area contributed by atoms with Gasteiger partial charge in [0.25, 0.3) is 11.6 Å². The standard InChI is InChI=1S/C13H17N3O4/c1-8-5-9(11(14)10(6-8)16(19)20)12(17)15-7-13(18)3-2-4-13/h5-6,18H,2-4,7,14H2,1H3,(H,15,17). The van der Waals surface area contributed by atoms with Crippen molar-refractivity contribution in [3.63, 3.8) is 0 Å². The van der Waals surface area contributed by atoms with Gasteiger partial charge < -0.3 is 16.2 Å². The van der Waals surface area contributed by atoms with Crippen LogP contribution in [0.3, 0.4) is 0 Å². The fourth-order valence-electron chi connectivity index (χ4n) is 2.22. The van der Waals surface area contributed by atoms with E-state index < -0.39 is 16.4 Å². The van der Waals surface area contributed by atoms with E-state index in [0.29, 0.717) is 18.4 Å². The first-order chi connectivity index (χ1) is 9.32. The largest absolute Gasteiger partial charge is 0.393 e. The maximum Gasteiger partial charge on any atom is 0.293 e. The van der Waals surface area contributed by atoms with E-state index in [0.717, 1.165) is 6.42 Å². The highest BCUT2D eigenvalue weighted by atomic mass is 16.6. The molecule has 0 spiro atoms. The number of nitrogens with two attached hydrogens (primary N) is 1. The van der Waals surface area contributed by atoms with Crippen LogP contribution in [0.4, 0.5) is 11.4 Å². The first kappa shape index (κ1) is 14.3. The van der Waals surface area contributed by atoms with Crippen LogP contribution in [0.25, 0.3) is 0 Å². The van der Waals surface area contributed by atoms with E-state index in [1.165, 1.54) is 12.1 Å². The Morgan fingerprint density at radius 1 is 1.55 bits per heavy atom. The van der Waals surface area contributed by atoms with E-state index in [1.54, 1.807) is 6.92 Å². The second-order valence-corrected chi connectivity index (χ2v) is 5.26. The average molecular weight is 279 g/mol. The molecule has 1 saturated carbocycles. The monoisotopic (exact) mass is 279 g/mol. The average Bonchev–Trinajstić information content (AvgIpc) is 2.35. The Morgan fingerprint density at radius 3 is 2.70 bits per heavy atom. The fraction of sp³-hybridized carbons (Fsp3) is 0.462. The van der Waals surface area contributed by atoms with Gasteiger partial charge in [0.1, 0.15) is 5.69 Å². The zero-order valence-electron chi connectivity index (χ0n) is 11.2. The van der Waals surface area contributed by atoms with Gasteiger partial charge in [-0.15, -0.1) is 0 Å². The summed E-state index contributed by atoms with van der Waals surface area (Å²) >= 11 is 0. The number of nitrogen functional groups attached to an aromatic ring is 1. The summed E-state index contributed by atoms with van der Waals surface area (Å²) in [6, 6.07) is 2.83. The van der Waals surface area contributed by atoms with Gasteiger partial charge in [0.15, 0.2) is 0 Å². The fourth-order valence-corrected chi connectivity index (χ4v) is 2.22. The third-order valence-electron chi connectivity index (χ3n) is 3.61. The van der Waals surface area contributed by atoms with Gasteiger partial charge in [-0.05, 0) is 37.8 Å². The van der Waals surface area contributed by atoms with Gasteiger partial charge >= 0.3 is 0 Å². The summed E-state index contributed by atoms with van der Waals surface area (Å²) in [7, 11) is 0. The highest BCUT2D eigenvalue weighted by Crippen LogP contribution is 2.31. The topological polar surface area (TPSA) is 118 Å². The smallest absolute Gasteiger partial charge is 0.293 e. The van der Waals surface area contributed by atoms with Crippen LogP contribution in [0.15, 0.2) is 12.1 Å². The molecule has 4 N–H and O–H groups in total. The Hall–Kier alpha value is -2.15. The summed E-state index contributed by atoms with van der Waals surface area (Å²) in [5.41, 5.74) is 5.04. The lowest BCUT2D eigenvalue weighted by Gasteiger charge is -2.36. The number of amides is 1. The number of aryl methyl sites for hydroxylation is 1. The van der Waals surface area contributed by atoms with Crippen LogP contribution in [0.2, 0.25) is 0 Å². The molecule has 0 aliphatic heterocycles. The Kier molecular flexibility index (Phi) is 3.63. The number of benzene rings is 1. The molecule has 0 saturated heterocycles. The normalized spacial score (nSPS) is 16.3. The SMILES string of the molecule is Cc1cc(C(=O)NCC2(O)CCC2)c(N)c([N+](=O)[O-])c1. The lowest BCUT2D eigenvalue weighted by molar-refractivity contribution is -0.384. The van der Waals surface area contributed by atoms with Crippen molar-refractivity contribution in [3.05, 3.63) is 33.4 Å². The van der Waals surface area contributed by atoms with Gasteiger partial charge in [-0.1, -0.05) is 0 Å². The molecule has 20 heavy (non-hydrogen) atoms. The molecule has 108 valence electrons. The number of carbonyl (C=O) groups is 1. The highest BCUT2D eigenvalue weighted by molar-refractivity contribution is 6.01. The molecule has 0 heterocycles. The second kappa shape index (κ2) is 5.09. The van der Waals surface area contributed by atoms with Crippen LogP contribution in [0.1, 0.15) is 35.2 Å². The van der Waals surface area contributed by atoms with E-state index in [2.05, 4.69) is 5.32 Å². The van der Waals surface area contributed by atoms with Crippen LogP contribution in [-0.2, 0) is 0 Å². The van der Waals surface area contributed by atoms with Crippen molar-refractivity contribution in [2.24, 2.45) is 0 Å². The number of aliphatic hydroxyl groups is 1. The maximum absolute atomic E-state index is 12.1. The predicted molar refractivity (Wildman–Crippen MR) is 73.4 cm³/mol. The summed E-state index contributed by atoms with van der Waals surface area (Å²) in [4.78, 5) is 22.3. The number of hydrogen-bond acceptors (Lipinski definition) is 5. The highest BCUT2D eigenvalue weighted by Gasteiger charge is 2.34. The molecule has 0 unspecified atom stereocenters. The number of rotatable bonds is 4. The van der Waals surface area contributed by atoms with Crippen LogP contribution >= 0.6 is 0 Å². The zero-order chi connectivity index (χ0) is 14.9. The molecule has 1 aliphatic rings. The lowest BCUT2D eigenvalue weighted by atomic mass is 9.80. The molecule has 2 rings (SSSR count). The third kappa shape index (κ3) is 2.72. The Labute approximate surface area is 115 Å². The third-order valence-corrected chi connectivity index (χ3v) is 3.61. The van der Waals surface area contributed by atoms with Crippen molar-refractivity contribution in [2.45, 2.75) is 31.8 Å². The first-order valence-electron chi connectivity index (χ1n) is 6.37. The van der Waals surface area contributed by atoms with Crippen molar-refractivity contribution >= 4 is 17.3 Å². The molecule has 1 aromatic carbocycles. The minimum atomic E-state index is -0.847. The van der Waals surface area contributed by atoms with Crippen LogP contribution in [0, 0.1) is 17.0 Å². The van der Waals surface area contributed by atoms with Gasteiger partial charge in [-0.25, -0.2) is 0 Å². The van der Waals surface area contributed by atoms with E-state index in [1.807, 2.05) is 0 Å². The summed E-state index contributed by atoms with van der Waals surface area (Å²) in [6.07, 6.45) is 2.23. The maximum atomic E-state index is 12.1. The minimum absolute atomic E-state index is 0.0691. The molecular weight excluding hydrogens is 262 g/mol. The van der Waals surface area contributed by atoms with Crippen LogP contribution in [-0.4, -0.2) is 28.1 Å². The molecule has 0 radical (unpaired) electrons. The summed E-state index contributed by atoms with van der Waals surface area (Å²) in [5, 5.41) is 23.4. The number of nitro benzene ring substituents is 1. The quantitative estimate of drug-likeness (QED) is 0.433. The van der Waals surface area contributed by atoms with Crippen molar-refractivity contribution in [1.82, 2.24) is 5.32 Å². The van der Waals surface area contributed by atoms with E-state index in [9.17, 15) is 20.0 Å². The molecule has 0 aromatic heterocycles. The molecule has 7 nitrogen and oxygen atoms in total. The number of nitrogens with one attached hydrogen (secondary N) is 1. The van der Waals surface area contributed by atoms with Gasteiger partial charge in [0, 0.05) is 12.6 Å². The van der Waals surface area contributed by atoms with Crippen LogP contribution < -0.4 is 11.1 Å². The number of anilines is 1. The Bertz CT molecular complexity index is 567. The van der Waals surface area contributed by atoms with Gasteiger partial charge in [-0.2, -0.15) is 0 Å². The number of carbonyl (C=O) groups excluding carboxylic acids is 1. The lowest BCUT2D eigenvalue weighted by Crippen LogP contribution is -2.47. The molecule has 0 atom stereocenters. The van der Waals surface area contributed by atoms with E-state index in [-0.39, 0.29) is 23.5 Å². The number of nitro groups is 1. The predicted octanol–water partition coefficient (Wildman–Crippen LogP) is 1.13. The van der Waals surface area contributed by atoms with Crippen molar-refractivity contribution in [2.75, 3.05) is 12.3 Å². The second-order valence-electron chi connectivity index (χ2n) is 5.26. The number of nitrogens with zero attached hydrogens (tertiary/aromatic N) is 1. The Balaban J connectivity index is 2.19. The van der Waals surface area contributed by atoms with Crippen molar-refractivity contribution < 1.29 is 14.8 Å². The Morgan fingerprint density at radius 2 is 2.20 bits per heavy atom. The number of hydrogen-bond donors (Lipinski definition) is 3. The van der Waals surface area contributed by atoms with Gasteiger partial charge in [0.2, 0.25) is 0 Å². The van der Waals surface area contributed by atoms with Gasteiger partial charge in [-0.3, -0.25) is 14.9 Å². The zero-order valence-corrected chi connectivity index (χ0v) is 11.2. The van der Waals surface area contributed by atoms with E-state index >= 15 is 0 Å². The summed E-state index contributed by atoms with van der Waals surface area (Å²) in [6.45, 7) is 1.79. The first-order valence-corrected chi connectivity index (χ1v) is 6.37. The minimum Gasteiger partial charge on any atom is -0.393 e. The van der Waals surface area contributed by atoms with E-state index in [4.69, 9.17) is 5.73 Å². The summed E-state index contributed by atoms with van der Waals surface area (Å²) in [5.74, 6) is -0.505. The molecule has 7 heteroatoms. The molecule has 1 fully saturated rings. The van der Waals surface area contributed by atoms with Crippen molar-refractivity contribution in [1.29, 1.82) is 0 Å². The van der Waals surface area contributed by atoms with Crippen LogP contribution in [0.5, 0.6) is 0 Å². The molecule has 1 aromatic rings. The summed E-state index contributed by atoms with van der Waals surface area (Å²) < 4.78 is 0. The van der Waals surface area contributed by atoms with Crippen molar-refractivity contribution in [3.8, 4) is 0 Å². The molecule has 1 aliphatic carbocycles. The molecule has 0 bridgehead atoms. The molecular formula is C13H17N3O4. The van der Waals surface area contributed by atoms with Gasteiger partial charge in [0.05, 0.1) is 16.1 Å². The molecule has 1 amide bonds.